The molecule has 2 heterocycles. The molecule has 6 nitrogen and oxygen atoms in total. The number of nitrogens with one attached hydrogen (secondary N) is 1. The molecule has 1 aliphatic heterocycles. The molecule has 0 spiro atoms. The predicted molar refractivity (Wildman–Crippen MR) is 106 cm³/mol. The molecular weight excluding hydrogens is 387 g/mol. The van der Waals surface area contributed by atoms with Gasteiger partial charge >= 0.3 is 0 Å². The van der Waals surface area contributed by atoms with Crippen LogP contribution >= 0.6 is 23.2 Å². The zero-order chi connectivity index (χ0) is 19.2. The Morgan fingerprint density at radius 1 is 1.22 bits per heavy atom. The summed E-state index contributed by atoms with van der Waals surface area (Å²) in [7, 11) is 0. The zero-order valence-electron chi connectivity index (χ0n) is 15.3. The molecule has 1 saturated heterocycles. The smallest absolute Gasteiger partial charge is 0.219 e. The zero-order valence-corrected chi connectivity index (χ0v) is 16.8. The van der Waals surface area contributed by atoms with Gasteiger partial charge in [-0.2, -0.15) is 5.10 Å². The molecular formula is C19H24Cl2N4O2. The summed E-state index contributed by atoms with van der Waals surface area (Å²) in [4.78, 5) is 15.7. The first-order chi connectivity index (χ1) is 13.0. The molecule has 27 heavy (non-hydrogen) atoms. The van der Waals surface area contributed by atoms with Crippen LogP contribution in [0.5, 0.6) is 0 Å². The summed E-state index contributed by atoms with van der Waals surface area (Å²) < 4.78 is 6.14. The van der Waals surface area contributed by atoms with Gasteiger partial charge in [-0.3, -0.25) is 14.8 Å². The Bertz CT molecular complexity index is 746. The summed E-state index contributed by atoms with van der Waals surface area (Å²) in [5.74, 6) is 0.154. The van der Waals surface area contributed by atoms with Gasteiger partial charge < -0.3 is 9.64 Å². The Labute approximate surface area is 169 Å². The van der Waals surface area contributed by atoms with E-state index in [9.17, 15) is 4.79 Å². The van der Waals surface area contributed by atoms with Crippen LogP contribution in [0.3, 0.4) is 0 Å². The summed E-state index contributed by atoms with van der Waals surface area (Å²) in [6.07, 6.45) is 2.39. The molecule has 0 bridgehead atoms. The monoisotopic (exact) mass is 410 g/mol. The van der Waals surface area contributed by atoms with Crippen LogP contribution in [-0.2, 0) is 9.53 Å². The van der Waals surface area contributed by atoms with E-state index >= 15 is 0 Å². The second-order valence-electron chi connectivity index (χ2n) is 6.62. The number of H-pyrrole nitrogens is 1. The van der Waals surface area contributed by atoms with Crippen molar-refractivity contribution >= 4 is 29.1 Å². The van der Waals surface area contributed by atoms with E-state index in [0.717, 1.165) is 50.4 Å². The third kappa shape index (κ3) is 5.45. The Balaban J connectivity index is 1.52. The number of ether oxygens (including phenoxy) is 1. The van der Waals surface area contributed by atoms with E-state index in [2.05, 4.69) is 15.1 Å². The van der Waals surface area contributed by atoms with Gasteiger partial charge in [-0.1, -0.05) is 29.3 Å². The maximum atomic E-state index is 11.4. The maximum Gasteiger partial charge on any atom is 0.219 e. The van der Waals surface area contributed by atoms with Gasteiger partial charge in [0.05, 0.1) is 15.7 Å². The van der Waals surface area contributed by atoms with Gasteiger partial charge in [0.2, 0.25) is 5.91 Å². The standard InChI is InChI=1S/C19H24Cl2N4O2/c1-14(26)25-10-8-24(9-11-25)7-2-12-27-19(18-5-6-22-23-18)15-3-4-16(20)17(21)13-15/h3-6,13,19H,2,7-12H2,1H3,(H,22,23). The first kappa shape index (κ1) is 20.1. The third-order valence-electron chi connectivity index (χ3n) is 4.76. The van der Waals surface area contributed by atoms with Crippen molar-refractivity contribution in [3.63, 3.8) is 0 Å². The van der Waals surface area contributed by atoms with Crippen LogP contribution in [0, 0.1) is 0 Å². The number of amides is 1. The van der Waals surface area contributed by atoms with Crippen molar-refractivity contribution in [1.82, 2.24) is 20.0 Å². The number of piperazine rings is 1. The summed E-state index contributed by atoms with van der Waals surface area (Å²) in [6.45, 7) is 6.60. The molecule has 1 aromatic heterocycles. The molecule has 1 fully saturated rings. The molecule has 1 aliphatic rings. The highest BCUT2D eigenvalue weighted by Gasteiger charge is 2.20. The molecule has 1 atom stereocenters. The van der Waals surface area contributed by atoms with E-state index in [1.54, 1.807) is 19.2 Å². The number of carbonyl (C=O) groups excluding carboxylic acids is 1. The summed E-state index contributed by atoms with van der Waals surface area (Å²) in [5.41, 5.74) is 1.73. The molecule has 2 aromatic rings. The van der Waals surface area contributed by atoms with Crippen molar-refractivity contribution in [3.8, 4) is 0 Å². The highest BCUT2D eigenvalue weighted by molar-refractivity contribution is 6.42. The number of nitrogens with zero attached hydrogens (tertiary/aromatic N) is 3. The quantitative estimate of drug-likeness (QED) is 0.710. The number of hydrogen-bond donors (Lipinski definition) is 1. The normalized spacial score (nSPS) is 16.5. The van der Waals surface area contributed by atoms with E-state index in [1.807, 2.05) is 23.1 Å². The van der Waals surface area contributed by atoms with Gasteiger partial charge in [-0.25, -0.2) is 0 Å². The van der Waals surface area contributed by atoms with Crippen LogP contribution in [-0.4, -0.2) is 65.2 Å². The van der Waals surface area contributed by atoms with E-state index in [1.165, 1.54) is 0 Å². The molecule has 1 amide bonds. The average molecular weight is 411 g/mol. The lowest BCUT2D eigenvalue weighted by molar-refractivity contribution is -0.130. The van der Waals surface area contributed by atoms with Gasteiger partial charge in [0.15, 0.2) is 0 Å². The molecule has 0 radical (unpaired) electrons. The van der Waals surface area contributed by atoms with E-state index in [0.29, 0.717) is 16.7 Å². The topological polar surface area (TPSA) is 61.5 Å². The van der Waals surface area contributed by atoms with Gasteiger partial charge in [0.1, 0.15) is 6.10 Å². The predicted octanol–water partition coefficient (Wildman–Crippen LogP) is 3.38. The van der Waals surface area contributed by atoms with Crippen molar-refractivity contribution in [2.45, 2.75) is 19.4 Å². The van der Waals surface area contributed by atoms with Gasteiger partial charge in [-0.05, 0) is 30.2 Å². The number of aromatic nitrogens is 2. The van der Waals surface area contributed by atoms with Crippen LogP contribution in [0.2, 0.25) is 10.0 Å². The van der Waals surface area contributed by atoms with Crippen molar-refractivity contribution < 1.29 is 9.53 Å². The molecule has 0 aliphatic carbocycles. The number of halogens is 2. The molecule has 8 heteroatoms. The molecule has 3 rings (SSSR count). The minimum Gasteiger partial charge on any atom is -0.367 e. The van der Waals surface area contributed by atoms with E-state index in [4.69, 9.17) is 27.9 Å². The van der Waals surface area contributed by atoms with Gasteiger partial charge in [0.25, 0.3) is 0 Å². The van der Waals surface area contributed by atoms with Gasteiger partial charge in [-0.15, -0.1) is 0 Å². The van der Waals surface area contributed by atoms with E-state index < -0.39 is 0 Å². The lowest BCUT2D eigenvalue weighted by atomic mass is 10.1. The second-order valence-corrected chi connectivity index (χ2v) is 7.44. The number of aromatic amines is 1. The van der Waals surface area contributed by atoms with Crippen LogP contribution in [0.25, 0.3) is 0 Å². The number of benzene rings is 1. The summed E-state index contributed by atoms with van der Waals surface area (Å²) in [6, 6.07) is 7.41. The average Bonchev–Trinajstić information content (AvgIpc) is 3.19. The first-order valence-electron chi connectivity index (χ1n) is 9.08. The van der Waals surface area contributed by atoms with E-state index in [-0.39, 0.29) is 12.0 Å². The SMILES string of the molecule is CC(=O)N1CCN(CCCOC(c2ccc(Cl)c(Cl)c2)c2cc[nH]n2)CC1. The summed E-state index contributed by atoms with van der Waals surface area (Å²) in [5, 5.41) is 8.12. The minimum atomic E-state index is -0.291. The lowest BCUT2D eigenvalue weighted by Gasteiger charge is -2.34. The molecule has 146 valence electrons. The lowest BCUT2D eigenvalue weighted by Crippen LogP contribution is -2.48. The molecule has 1 aromatic carbocycles. The van der Waals surface area contributed by atoms with Crippen LogP contribution in [0.15, 0.2) is 30.5 Å². The van der Waals surface area contributed by atoms with Crippen molar-refractivity contribution in [1.29, 1.82) is 0 Å². The Morgan fingerprint density at radius 2 is 2.00 bits per heavy atom. The number of carbonyl (C=O) groups is 1. The Morgan fingerprint density at radius 3 is 2.63 bits per heavy atom. The summed E-state index contributed by atoms with van der Waals surface area (Å²) >= 11 is 12.2. The van der Waals surface area contributed by atoms with Crippen LogP contribution in [0.1, 0.15) is 30.7 Å². The fourth-order valence-electron chi connectivity index (χ4n) is 3.22. The number of hydrogen-bond acceptors (Lipinski definition) is 4. The second kappa shape index (κ2) is 9.55. The molecule has 1 unspecified atom stereocenters. The first-order valence-corrected chi connectivity index (χ1v) is 9.84. The highest BCUT2D eigenvalue weighted by Crippen LogP contribution is 2.30. The molecule has 0 saturated carbocycles. The highest BCUT2D eigenvalue weighted by atomic mass is 35.5. The van der Waals surface area contributed by atoms with Crippen LogP contribution in [0.4, 0.5) is 0 Å². The van der Waals surface area contributed by atoms with Crippen molar-refractivity contribution in [2.24, 2.45) is 0 Å². The van der Waals surface area contributed by atoms with Gasteiger partial charge in [0, 0.05) is 52.5 Å². The fourth-order valence-corrected chi connectivity index (χ4v) is 3.53. The fraction of sp³-hybridized carbons (Fsp3) is 0.474. The number of rotatable bonds is 7. The minimum absolute atomic E-state index is 0.154. The third-order valence-corrected chi connectivity index (χ3v) is 5.50. The van der Waals surface area contributed by atoms with Crippen molar-refractivity contribution in [3.05, 3.63) is 51.8 Å². The Hall–Kier alpha value is -1.60. The van der Waals surface area contributed by atoms with Crippen molar-refractivity contribution in [2.75, 3.05) is 39.3 Å². The Kier molecular flexibility index (Phi) is 7.13. The largest absolute Gasteiger partial charge is 0.367 e. The maximum absolute atomic E-state index is 11.4. The molecule has 1 N–H and O–H groups in total. The van der Waals surface area contributed by atoms with Crippen LogP contribution < -0.4 is 0 Å².